The molecule has 6 aliphatic carbocycles. The quantitative estimate of drug-likeness (QED) is 0.231. The highest BCUT2D eigenvalue weighted by Gasteiger charge is 2.58. The van der Waals surface area contributed by atoms with Crippen molar-refractivity contribution in [3.05, 3.63) is 0 Å². The maximum atomic E-state index is 14.3. The van der Waals surface area contributed by atoms with E-state index in [4.69, 9.17) is 9.57 Å². The van der Waals surface area contributed by atoms with Crippen molar-refractivity contribution in [2.45, 2.75) is 148 Å². The topological polar surface area (TPSA) is 124 Å². The van der Waals surface area contributed by atoms with Crippen LogP contribution in [0.25, 0.3) is 0 Å². The molecule has 7 aliphatic rings. The van der Waals surface area contributed by atoms with E-state index in [2.05, 4.69) is 50.4 Å². The molecule has 0 aromatic rings. The Morgan fingerprint density at radius 1 is 1.00 bits per heavy atom. The van der Waals surface area contributed by atoms with E-state index in [0.717, 1.165) is 51.5 Å². The Morgan fingerprint density at radius 2 is 1.75 bits per heavy atom. The molecule has 0 spiro atoms. The van der Waals surface area contributed by atoms with Gasteiger partial charge in [-0.3, -0.25) is 14.4 Å². The zero-order valence-electron chi connectivity index (χ0n) is 32.9. The number of methoxy groups -OCH3 is 1. The van der Waals surface area contributed by atoms with Gasteiger partial charge in [-0.1, -0.05) is 46.5 Å². The van der Waals surface area contributed by atoms with Gasteiger partial charge in [-0.15, -0.1) is 0 Å². The van der Waals surface area contributed by atoms with Gasteiger partial charge in [0.25, 0.3) is 0 Å². The smallest absolute Gasteiger partial charge is 0.240 e. The minimum absolute atomic E-state index is 0.00326. The normalized spacial score (nSPS) is 42.3. The summed E-state index contributed by atoms with van der Waals surface area (Å²) in [5, 5.41) is 30.0. The number of ether oxygens (including phenoxy) is 1. The molecule has 0 aromatic heterocycles. The van der Waals surface area contributed by atoms with Crippen LogP contribution in [0.1, 0.15) is 111 Å². The zero-order valence-corrected chi connectivity index (χ0v) is 32.9. The maximum Gasteiger partial charge on any atom is 0.240 e. The van der Waals surface area contributed by atoms with Gasteiger partial charge in [-0.05, 0) is 120 Å². The predicted octanol–water partition coefficient (Wildman–Crippen LogP) is 4.62. The van der Waals surface area contributed by atoms with Gasteiger partial charge >= 0.3 is 0 Å². The van der Waals surface area contributed by atoms with Crippen molar-refractivity contribution in [1.29, 1.82) is 0 Å². The van der Waals surface area contributed by atoms with Crippen molar-refractivity contribution in [2.24, 2.45) is 58.7 Å². The monoisotopic (exact) mass is 717 g/mol. The number of amides is 2. The molecule has 7 rings (SSSR count). The van der Waals surface area contributed by atoms with E-state index < -0.39 is 24.2 Å². The highest BCUT2D eigenvalue weighted by Crippen LogP contribution is 2.61. The zero-order chi connectivity index (χ0) is 36.6. The molecule has 14 atom stereocenters. The molecule has 7 fully saturated rings. The second-order valence-corrected chi connectivity index (χ2v) is 18.8. The molecule has 2 bridgehead atoms. The van der Waals surface area contributed by atoms with E-state index in [-0.39, 0.29) is 42.4 Å². The number of hydrogen-bond donors (Lipinski definition) is 4. The second-order valence-electron chi connectivity index (χ2n) is 18.8. The molecule has 10 nitrogen and oxygen atoms in total. The predicted molar refractivity (Wildman–Crippen MR) is 198 cm³/mol. The van der Waals surface area contributed by atoms with Gasteiger partial charge < -0.3 is 30.5 Å². The summed E-state index contributed by atoms with van der Waals surface area (Å²) < 4.78 is 6.40. The van der Waals surface area contributed by atoms with Crippen molar-refractivity contribution in [1.82, 2.24) is 20.6 Å². The van der Waals surface area contributed by atoms with Crippen LogP contribution in [-0.2, 0) is 19.2 Å². The largest absolute Gasteiger partial charge is 0.394 e. The summed E-state index contributed by atoms with van der Waals surface area (Å²) in [7, 11) is 6.11. The fourth-order valence-corrected chi connectivity index (χ4v) is 12.2. The molecule has 1 heterocycles. The summed E-state index contributed by atoms with van der Waals surface area (Å²) in [6.07, 6.45) is 13.0. The third kappa shape index (κ3) is 8.22. The van der Waals surface area contributed by atoms with E-state index in [1.807, 2.05) is 7.11 Å². The lowest BCUT2D eigenvalue weighted by Crippen LogP contribution is -2.62. The van der Waals surface area contributed by atoms with E-state index in [9.17, 15) is 19.8 Å². The molecule has 292 valence electrons. The maximum absolute atomic E-state index is 14.3. The molecule has 4 N–H and O–H groups in total. The van der Waals surface area contributed by atoms with Crippen molar-refractivity contribution < 1.29 is 29.4 Å². The van der Waals surface area contributed by atoms with Crippen molar-refractivity contribution in [2.75, 3.05) is 40.9 Å². The highest BCUT2D eigenvalue weighted by atomic mass is 16.7. The van der Waals surface area contributed by atoms with Crippen molar-refractivity contribution in [3.8, 4) is 0 Å². The van der Waals surface area contributed by atoms with Crippen LogP contribution in [0, 0.1) is 58.7 Å². The van der Waals surface area contributed by atoms with E-state index in [0.29, 0.717) is 53.5 Å². The highest BCUT2D eigenvalue weighted by molar-refractivity contribution is 5.83. The summed E-state index contributed by atoms with van der Waals surface area (Å²) >= 11 is 0. The van der Waals surface area contributed by atoms with Crippen LogP contribution < -0.4 is 10.6 Å². The Balaban J connectivity index is 1.15. The van der Waals surface area contributed by atoms with Crippen LogP contribution in [0.2, 0.25) is 0 Å². The molecule has 51 heavy (non-hydrogen) atoms. The van der Waals surface area contributed by atoms with E-state index in [1.54, 1.807) is 12.0 Å². The fourth-order valence-electron chi connectivity index (χ4n) is 12.2. The molecule has 6 unspecified atom stereocenters. The number of aliphatic hydroxyl groups is 2. The first-order valence-corrected chi connectivity index (χ1v) is 20.8. The van der Waals surface area contributed by atoms with Gasteiger partial charge in [-0.25, -0.2) is 0 Å². The lowest BCUT2D eigenvalue weighted by molar-refractivity contribution is -0.193. The first kappa shape index (κ1) is 39.4. The summed E-state index contributed by atoms with van der Waals surface area (Å²) in [4.78, 5) is 36.7. The second kappa shape index (κ2) is 16.6. The van der Waals surface area contributed by atoms with Gasteiger partial charge in [0, 0.05) is 50.0 Å². The van der Waals surface area contributed by atoms with Crippen LogP contribution in [0.15, 0.2) is 0 Å². The minimum atomic E-state index is -0.817. The van der Waals surface area contributed by atoms with Gasteiger partial charge in [0.05, 0.1) is 18.8 Å². The molecule has 0 aromatic carbocycles. The SMILES string of the molecule is COC1C(CN2O[C@@H](CO)[C@@H]([C@H](C)O)[C@H]2C(=O)N[C@H]2C[C@H]3C[C@@H]([C@@H]2C)C3(C)C)CCCC1C1CC(C(=O)NCC2CCCCC2)CC(N(C)C)C1. The van der Waals surface area contributed by atoms with Crippen LogP contribution in [-0.4, -0.2) is 109 Å². The van der Waals surface area contributed by atoms with Crippen LogP contribution in [0.3, 0.4) is 0 Å². The molecule has 0 radical (unpaired) electrons. The molecule has 2 amide bonds. The third-order valence-corrected chi connectivity index (χ3v) is 15.5. The Kier molecular flexibility index (Phi) is 12.8. The molecular formula is C41H72N4O6. The number of hydrogen-bond acceptors (Lipinski definition) is 8. The Labute approximate surface area is 308 Å². The van der Waals surface area contributed by atoms with Gasteiger partial charge in [0.2, 0.25) is 11.8 Å². The van der Waals surface area contributed by atoms with Crippen molar-refractivity contribution >= 4 is 11.8 Å². The molecule has 1 aliphatic heterocycles. The Morgan fingerprint density at radius 3 is 2.37 bits per heavy atom. The van der Waals surface area contributed by atoms with Crippen LogP contribution in [0.5, 0.6) is 0 Å². The number of rotatable bonds is 12. The van der Waals surface area contributed by atoms with Gasteiger partial charge in [-0.2, -0.15) is 5.06 Å². The molecule has 10 heteroatoms. The number of hydroxylamine groups is 2. The Bertz CT molecular complexity index is 1180. The molecule has 1 saturated heterocycles. The summed E-state index contributed by atoms with van der Waals surface area (Å²) in [6.45, 7) is 9.78. The number of fused-ring (bicyclic) bond motifs is 2. The van der Waals surface area contributed by atoms with E-state index >= 15 is 0 Å². The lowest BCUT2D eigenvalue weighted by atomic mass is 9.45. The third-order valence-electron chi connectivity index (χ3n) is 15.5. The van der Waals surface area contributed by atoms with E-state index in [1.165, 1.54) is 38.5 Å². The molecule has 6 saturated carbocycles. The lowest BCUT2D eigenvalue weighted by Gasteiger charge is -2.62. The first-order chi connectivity index (χ1) is 24.3. The first-order valence-electron chi connectivity index (χ1n) is 20.8. The number of carbonyl (C=O) groups excluding carboxylic acids is 2. The summed E-state index contributed by atoms with van der Waals surface area (Å²) in [5.41, 5.74) is 0.323. The minimum Gasteiger partial charge on any atom is -0.394 e. The number of aliphatic hydroxyl groups excluding tert-OH is 2. The van der Waals surface area contributed by atoms with Crippen LogP contribution >= 0.6 is 0 Å². The average molecular weight is 717 g/mol. The molecular weight excluding hydrogens is 644 g/mol. The van der Waals surface area contributed by atoms with Gasteiger partial charge in [0.15, 0.2) is 0 Å². The fraction of sp³-hybridized carbons (Fsp3) is 0.951. The summed E-state index contributed by atoms with van der Waals surface area (Å²) in [6, 6.07) is -0.241. The van der Waals surface area contributed by atoms with Crippen LogP contribution in [0.4, 0.5) is 0 Å². The standard InChI is InChI=1S/C41H72N4O6/c1-24-33-19-30(41(33,3)4)20-34(24)43-40(49)37-36(25(2)47)35(23-46)51-45(37)22-27-14-11-15-32(38(27)50-7)28-16-29(18-31(17-28)44(5)6)39(48)42-21-26-12-9-8-10-13-26/h24-38,46-47H,8-23H2,1-7H3,(H,42,48)(H,43,49)/t24-,25-,27?,28?,29?,30+,31?,32?,33-,34-,35-,36+,37-,38?/m0/s1. The number of nitrogens with one attached hydrogen (secondary N) is 2. The number of carbonyl (C=O) groups is 2. The summed E-state index contributed by atoms with van der Waals surface area (Å²) in [5.74, 6) is 2.61. The Hall–Kier alpha value is -1.30. The average Bonchev–Trinajstić information content (AvgIpc) is 3.49. The van der Waals surface area contributed by atoms with Crippen molar-refractivity contribution in [3.63, 3.8) is 0 Å². The number of nitrogens with zero attached hydrogens (tertiary/aromatic N) is 2. The van der Waals surface area contributed by atoms with Gasteiger partial charge in [0.1, 0.15) is 12.1 Å².